The molecule has 3 rings (SSSR count). The molecule has 1 fully saturated rings. The number of piperidine rings is 1. The molecule has 0 bridgehead atoms. The van der Waals surface area contributed by atoms with Crippen LogP contribution >= 0.6 is 11.8 Å². The maximum atomic E-state index is 12.8. The molecule has 1 aliphatic heterocycles. The van der Waals surface area contributed by atoms with Gasteiger partial charge in [0.05, 0.1) is 5.56 Å². The van der Waals surface area contributed by atoms with E-state index in [1.807, 2.05) is 40.0 Å². The maximum Gasteiger partial charge on any atom is 0.254 e. The Labute approximate surface area is 151 Å². The second-order valence-corrected chi connectivity index (χ2v) is 6.99. The number of imidazole rings is 1. The molecule has 1 saturated heterocycles. The molecule has 2 N–H and O–H groups in total. The number of nitrogens with two attached hydrogens (primary N) is 1. The Morgan fingerprint density at radius 2 is 2.00 bits per heavy atom. The summed E-state index contributed by atoms with van der Waals surface area (Å²) in [6, 6.07) is 7.72. The van der Waals surface area contributed by atoms with Crippen molar-refractivity contribution in [2.75, 3.05) is 19.3 Å². The van der Waals surface area contributed by atoms with Crippen LogP contribution in [0.15, 0.2) is 41.6 Å². The average Bonchev–Trinajstić information content (AvgIpc) is 3.08. The smallest absolute Gasteiger partial charge is 0.254 e. The number of hydrogen-bond acceptors (Lipinski definition) is 4. The zero-order valence-corrected chi connectivity index (χ0v) is 15.0. The third-order valence-electron chi connectivity index (χ3n) is 4.56. The first-order valence-corrected chi connectivity index (χ1v) is 9.54. The van der Waals surface area contributed by atoms with Crippen LogP contribution in [0.25, 0.3) is 0 Å². The highest BCUT2D eigenvalue weighted by atomic mass is 32.2. The molecular weight excluding hydrogens is 336 g/mol. The van der Waals surface area contributed by atoms with Gasteiger partial charge in [-0.2, -0.15) is 0 Å². The number of likely N-dealkylation sites (tertiary alicyclic amines) is 1. The fourth-order valence-corrected chi connectivity index (χ4v) is 3.90. The number of hydrogen-bond donors (Lipinski definition) is 1. The van der Waals surface area contributed by atoms with Gasteiger partial charge in [0.15, 0.2) is 0 Å². The number of amides is 2. The molecule has 0 saturated carbocycles. The van der Waals surface area contributed by atoms with Crippen molar-refractivity contribution in [3.63, 3.8) is 0 Å². The van der Waals surface area contributed by atoms with Crippen LogP contribution in [0.2, 0.25) is 0 Å². The van der Waals surface area contributed by atoms with Crippen molar-refractivity contribution >= 4 is 23.6 Å². The minimum absolute atomic E-state index is 0.0869. The number of rotatable bonds is 5. The van der Waals surface area contributed by atoms with Gasteiger partial charge in [0.25, 0.3) is 5.91 Å². The van der Waals surface area contributed by atoms with Gasteiger partial charge < -0.3 is 15.2 Å². The molecule has 0 radical (unpaired) electrons. The number of primary amides is 1. The van der Waals surface area contributed by atoms with Crippen molar-refractivity contribution in [1.82, 2.24) is 14.5 Å². The molecule has 1 aromatic heterocycles. The number of carbonyl (C=O) groups excluding carboxylic acids is 2. The highest BCUT2D eigenvalue weighted by Crippen LogP contribution is 2.29. The van der Waals surface area contributed by atoms with E-state index in [1.165, 1.54) is 0 Å². The number of carbonyl (C=O) groups is 2. The van der Waals surface area contributed by atoms with E-state index in [9.17, 15) is 9.59 Å². The predicted molar refractivity (Wildman–Crippen MR) is 97.5 cm³/mol. The normalized spacial score (nSPS) is 15.3. The van der Waals surface area contributed by atoms with Crippen LogP contribution in [-0.4, -0.2) is 45.6 Å². The molecule has 25 heavy (non-hydrogen) atoms. The fourth-order valence-electron chi connectivity index (χ4n) is 3.31. The van der Waals surface area contributed by atoms with Crippen LogP contribution in [0, 0.1) is 0 Å². The summed E-state index contributed by atoms with van der Waals surface area (Å²) in [6.45, 7) is 1.53. The summed E-state index contributed by atoms with van der Waals surface area (Å²) in [5.41, 5.74) is 6.06. The van der Waals surface area contributed by atoms with Gasteiger partial charge in [0.2, 0.25) is 5.91 Å². The zero-order valence-electron chi connectivity index (χ0n) is 14.2. The minimum Gasteiger partial charge on any atom is -0.368 e. The average molecular weight is 358 g/mol. The molecule has 1 aliphatic rings. The fraction of sp³-hybridized carbons (Fsp3) is 0.389. The Morgan fingerprint density at radius 3 is 2.68 bits per heavy atom. The molecule has 2 heterocycles. The van der Waals surface area contributed by atoms with Crippen LogP contribution in [0.1, 0.15) is 34.9 Å². The lowest BCUT2D eigenvalue weighted by Crippen LogP contribution is -2.38. The lowest BCUT2D eigenvalue weighted by atomic mass is 9.95. The Morgan fingerprint density at radius 1 is 1.28 bits per heavy atom. The Balaban J connectivity index is 1.67. The van der Waals surface area contributed by atoms with Crippen LogP contribution in [0.4, 0.5) is 0 Å². The van der Waals surface area contributed by atoms with E-state index in [4.69, 9.17) is 5.73 Å². The number of nitrogens with zero attached hydrogens (tertiary/aromatic N) is 3. The second kappa shape index (κ2) is 7.74. The minimum atomic E-state index is -0.375. The molecule has 0 atom stereocenters. The van der Waals surface area contributed by atoms with Gasteiger partial charge in [-0.05, 0) is 31.2 Å². The molecule has 0 unspecified atom stereocenters. The predicted octanol–water partition coefficient (Wildman–Crippen LogP) is 2.11. The van der Waals surface area contributed by atoms with Crippen molar-refractivity contribution in [3.05, 3.63) is 48.0 Å². The van der Waals surface area contributed by atoms with E-state index in [0.29, 0.717) is 13.1 Å². The van der Waals surface area contributed by atoms with Crippen LogP contribution in [0.3, 0.4) is 0 Å². The van der Waals surface area contributed by atoms with Crippen molar-refractivity contribution in [2.45, 2.75) is 30.2 Å². The van der Waals surface area contributed by atoms with Gasteiger partial charge in [-0.25, -0.2) is 4.98 Å². The van der Waals surface area contributed by atoms with E-state index in [-0.39, 0.29) is 24.3 Å². The van der Waals surface area contributed by atoms with E-state index in [1.54, 1.807) is 24.2 Å². The molecule has 2 aromatic rings. The topological polar surface area (TPSA) is 81.2 Å². The van der Waals surface area contributed by atoms with E-state index in [0.717, 1.165) is 29.1 Å². The van der Waals surface area contributed by atoms with Crippen molar-refractivity contribution in [1.29, 1.82) is 0 Å². The van der Waals surface area contributed by atoms with Crippen LogP contribution < -0.4 is 5.73 Å². The first-order valence-electron chi connectivity index (χ1n) is 8.31. The van der Waals surface area contributed by atoms with Gasteiger partial charge >= 0.3 is 0 Å². The molecule has 0 spiro atoms. The summed E-state index contributed by atoms with van der Waals surface area (Å²) >= 11 is 1.59. The molecule has 2 amide bonds. The summed E-state index contributed by atoms with van der Waals surface area (Å²) in [5.74, 6) is 0.842. The molecule has 1 aromatic carbocycles. The van der Waals surface area contributed by atoms with Crippen LogP contribution in [0.5, 0.6) is 0 Å². The summed E-state index contributed by atoms with van der Waals surface area (Å²) in [7, 11) is 0. The monoisotopic (exact) mass is 358 g/mol. The Kier molecular flexibility index (Phi) is 5.43. The number of aromatic nitrogens is 2. The van der Waals surface area contributed by atoms with Crippen LogP contribution in [-0.2, 0) is 11.3 Å². The number of thioether (sulfide) groups is 1. The Hall–Kier alpha value is -2.28. The SMILES string of the molecule is CSc1ccccc1C(=O)N1CCC(c2nccn2CC(N)=O)CC1. The van der Waals surface area contributed by atoms with Gasteiger partial charge in [0.1, 0.15) is 12.4 Å². The van der Waals surface area contributed by atoms with Gasteiger partial charge in [-0.3, -0.25) is 9.59 Å². The second-order valence-electron chi connectivity index (χ2n) is 6.15. The molecule has 7 heteroatoms. The highest BCUT2D eigenvalue weighted by Gasteiger charge is 2.27. The van der Waals surface area contributed by atoms with Gasteiger partial charge in [-0.1, -0.05) is 12.1 Å². The first-order chi connectivity index (χ1) is 12.1. The quantitative estimate of drug-likeness (QED) is 0.830. The van der Waals surface area contributed by atoms with E-state index >= 15 is 0 Å². The third kappa shape index (κ3) is 3.87. The summed E-state index contributed by atoms with van der Waals surface area (Å²) in [4.78, 5) is 31.3. The van der Waals surface area contributed by atoms with Crippen molar-refractivity contribution in [3.8, 4) is 0 Å². The van der Waals surface area contributed by atoms with Gasteiger partial charge in [-0.15, -0.1) is 11.8 Å². The van der Waals surface area contributed by atoms with Gasteiger partial charge in [0, 0.05) is 36.3 Å². The summed E-state index contributed by atoms with van der Waals surface area (Å²) < 4.78 is 1.81. The summed E-state index contributed by atoms with van der Waals surface area (Å²) in [6.07, 6.45) is 7.14. The highest BCUT2D eigenvalue weighted by molar-refractivity contribution is 7.98. The van der Waals surface area contributed by atoms with Crippen molar-refractivity contribution < 1.29 is 9.59 Å². The maximum absolute atomic E-state index is 12.8. The molecule has 132 valence electrons. The standard InChI is InChI=1S/C18H22N4O2S/c1-25-15-5-3-2-4-14(15)18(24)21-9-6-13(7-10-21)17-20-8-11-22(17)12-16(19)23/h2-5,8,11,13H,6-7,9-10,12H2,1H3,(H2,19,23). The lowest BCUT2D eigenvalue weighted by Gasteiger charge is -2.32. The third-order valence-corrected chi connectivity index (χ3v) is 5.35. The Bertz CT molecular complexity index is 766. The largest absolute Gasteiger partial charge is 0.368 e. The van der Waals surface area contributed by atoms with E-state index < -0.39 is 0 Å². The lowest BCUT2D eigenvalue weighted by molar-refractivity contribution is -0.118. The number of benzene rings is 1. The van der Waals surface area contributed by atoms with E-state index in [2.05, 4.69) is 4.98 Å². The zero-order chi connectivity index (χ0) is 17.8. The molecule has 0 aliphatic carbocycles. The molecule has 6 nitrogen and oxygen atoms in total. The first kappa shape index (κ1) is 17.5. The summed E-state index contributed by atoms with van der Waals surface area (Å²) in [5, 5.41) is 0. The molecular formula is C18H22N4O2S. The van der Waals surface area contributed by atoms with Crippen molar-refractivity contribution in [2.24, 2.45) is 5.73 Å².